The number of halogens is 1. The number of H-pyrrole nitrogens is 1. The molecule has 1 atom stereocenters. The van der Waals surface area contributed by atoms with Crippen molar-refractivity contribution in [1.82, 2.24) is 20.2 Å². The standard InChI is InChI=1S/C13H17ClN6O/c1-8-11(14)12(19-18-8)17-13-15-5-4-10(16-13)20-6-2-3-9(21)7-20/h4-5,9,21H,2-3,6-7H2,1H3,(H2,15,16,17,18,19). The highest BCUT2D eigenvalue weighted by Crippen LogP contribution is 2.25. The normalized spacial score (nSPS) is 18.8. The predicted octanol–water partition coefficient (Wildman–Crippen LogP) is 1.87. The number of nitrogens with zero attached hydrogens (tertiary/aromatic N) is 4. The first-order valence-electron chi connectivity index (χ1n) is 6.87. The van der Waals surface area contributed by atoms with Gasteiger partial charge in [0.05, 0.1) is 11.8 Å². The van der Waals surface area contributed by atoms with E-state index in [2.05, 4.69) is 30.4 Å². The molecule has 8 heteroatoms. The number of aromatic nitrogens is 4. The average molecular weight is 309 g/mol. The van der Waals surface area contributed by atoms with Crippen molar-refractivity contribution in [2.24, 2.45) is 0 Å². The van der Waals surface area contributed by atoms with E-state index >= 15 is 0 Å². The summed E-state index contributed by atoms with van der Waals surface area (Å²) in [6.07, 6.45) is 3.18. The molecular formula is C13H17ClN6O. The Hall–Kier alpha value is -1.86. The van der Waals surface area contributed by atoms with Crippen LogP contribution in [0.1, 0.15) is 18.5 Å². The number of aliphatic hydroxyl groups excluding tert-OH is 1. The Kier molecular flexibility index (Phi) is 3.94. The van der Waals surface area contributed by atoms with Crippen molar-refractivity contribution in [2.45, 2.75) is 25.9 Å². The number of β-amino-alcohol motifs (C(OH)–C–C–N with tert-alkyl or cyclic N) is 1. The maximum absolute atomic E-state index is 9.75. The van der Waals surface area contributed by atoms with Crippen LogP contribution >= 0.6 is 11.6 Å². The fourth-order valence-electron chi connectivity index (χ4n) is 2.35. The Bertz CT molecular complexity index is 631. The zero-order valence-electron chi connectivity index (χ0n) is 11.7. The molecule has 3 rings (SSSR count). The van der Waals surface area contributed by atoms with Gasteiger partial charge in [-0.05, 0) is 25.8 Å². The number of aryl methyl sites for hydroxylation is 1. The van der Waals surface area contributed by atoms with Crippen LogP contribution in [0.5, 0.6) is 0 Å². The van der Waals surface area contributed by atoms with Crippen LogP contribution < -0.4 is 10.2 Å². The topological polar surface area (TPSA) is 90.0 Å². The molecule has 2 aromatic heterocycles. The summed E-state index contributed by atoms with van der Waals surface area (Å²) in [5, 5.41) is 20.1. The molecule has 0 radical (unpaired) electrons. The number of aliphatic hydroxyl groups is 1. The molecule has 7 nitrogen and oxygen atoms in total. The van der Waals surface area contributed by atoms with Crippen LogP contribution in [0.2, 0.25) is 5.02 Å². The third-order valence-electron chi connectivity index (χ3n) is 3.46. The summed E-state index contributed by atoms with van der Waals surface area (Å²) in [5.74, 6) is 1.72. The summed E-state index contributed by atoms with van der Waals surface area (Å²) in [7, 11) is 0. The molecule has 0 spiro atoms. The van der Waals surface area contributed by atoms with E-state index in [0.29, 0.717) is 23.3 Å². The molecule has 1 fully saturated rings. The van der Waals surface area contributed by atoms with Crippen LogP contribution in [0, 0.1) is 6.92 Å². The van der Waals surface area contributed by atoms with Crippen molar-refractivity contribution in [2.75, 3.05) is 23.3 Å². The fraction of sp³-hybridized carbons (Fsp3) is 0.462. The van der Waals surface area contributed by atoms with Gasteiger partial charge in [0.2, 0.25) is 5.95 Å². The fourth-order valence-corrected chi connectivity index (χ4v) is 2.48. The quantitative estimate of drug-likeness (QED) is 0.802. The Morgan fingerprint density at radius 2 is 2.38 bits per heavy atom. The molecule has 0 aliphatic carbocycles. The summed E-state index contributed by atoms with van der Waals surface area (Å²) in [6, 6.07) is 1.83. The first kappa shape index (κ1) is 14.1. The highest BCUT2D eigenvalue weighted by atomic mass is 35.5. The molecule has 0 saturated carbocycles. The minimum Gasteiger partial charge on any atom is -0.391 e. The molecule has 21 heavy (non-hydrogen) atoms. The smallest absolute Gasteiger partial charge is 0.230 e. The molecule has 3 heterocycles. The molecule has 0 bridgehead atoms. The van der Waals surface area contributed by atoms with Crippen molar-refractivity contribution in [3.8, 4) is 0 Å². The van der Waals surface area contributed by atoms with Crippen LogP contribution in [0.3, 0.4) is 0 Å². The summed E-state index contributed by atoms with van der Waals surface area (Å²) >= 11 is 6.11. The Balaban J connectivity index is 1.78. The maximum atomic E-state index is 9.75. The predicted molar refractivity (Wildman–Crippen MR) is 81.1 cm³/mol. The van der Waals surface area contributed by atoms with Crippen LogP contribution in [0.15, 0.2) is 12.3 Å². The van der Waals surface area contributed by atoms with E-state index in [1.54, 1.807) is 6.20 Å². The lowest BCUT2D eigenvalue weighted by Gasteiger charge is -2.30. The van der Waals surface area contributed by atoms with Gasteiger partial charge in [0.15, 0.2) is 5.82 Å². The van der Waals surface area contributed by atoms with Crippen molar-refractivity contribution in [1.29, 1.82) is 0 Å². The van der Waals surface area contributed by atoms with Crippen molar-refractivity contribution < 1.29 is 5.11 Å². The van der Waals surface area contributed by atoms with Gasteiger partial charge in [0, 0.05) is 19.3 Å². The van der Waals surface area contributed by atoms with E-state index in [1.165, 1.54) is 0 Å². The largest absolute Gasteiger partial charge is 0.391 e. The third-order valence-corrected chi connectivity index (χ3v) is 3.93. The number of nitrogens with one attached hydrogen (secondary N) is 2. The van der Waals surface area contributed by atoms with Crippen LogP contribution in [0.25, 0.3) is 0 Å². The van der Waals surface area contributed by atoms with E-state index in [1.807, 2.05) is 13.0 Å². The van der Waals surface area contributed by atoms with Gasteiger partial charge in [-0.15, -0.1) is 0 Å². The van der Waals surface area contributed by atoms with Gasteiger partial charge in [-0.25, -0.2) is 4.98 Å². The molecule has 0 amide bonds. The molecule has 1 unspecified atom stereocenters. The van der Waals surface area contributed by atoms with Crippen LogP contribution in [-0.2, 0) is 0 Å². The lowest BCUT2D eigenvalue weighted by molar-refractivity contribution is 0.154. The van der Waals surface area contributed by atoms with Gasteiger partial charge >= 0.3 is 0 Å². The van der Waals surface area contributed by atoms with Gasteiger partial charge in [-0.2, -0.15) is 10.1 Å². The third kappa shape index (κ3) is 3.08. The van der Waals surface area contributed by atoms with Crippen molar-refractivity contribution >= 4 is 29.2 Å². The lowest BCUT2D eigenvalue weighted by Crippen LogP contribution is -2.38. The summed E-state index contributed by atoms with van der Waals surface area (Å²) in [5.41, 5.74) is 0.787. The summed E-state index contributed by atoms with van der Waals surface area (Å²) < 4.78 is 0. The first-order chi connectivity index (χ1) is 10.1. The zero-order chi connectivity index (χ0) is 14.8. The second-order valence-corrected chi connectivity index (χ2v) is 5.49. The molecule has 112 valence electrons. The number of anilines is 3. The monoisotopic (exact) mass is 308 g/mol. The number of aromatic amines is 1. The van der Waals surface area contributed by atoms with Gasteiger partial charge in [0.1, 0.15) is 10.8 Å². The second kappa shape index (κ2) is 5.87. The van der Waals surface area contributed by atoms with Gasteiger partial charge < -0.3 is 15.3 Å². The van der Waals surface area contributed by atoms with E-state index in [9.17, 15) is 5.11 Å². The van der Waals surface area contributed by atoms with E-state index in [0.717, 1.165) is 30.9 Å². The molecule has 2 aromatic rings. The summed E-state index contributed by atoms with van der Waals surface area (Å²) in [4.78, 5) is 10.7. The molecule has 1 aliphatic rings. The summed E-state index contributed by atoms with van der Waals surface area (Å²) in [6.45, 7) is 3.32. The minimum absolute atomic E-state index is 0.298. The first-order valence-corrected chi connectivity index (χ1v) is 7.25. The Morgan fingerprint density at radius 1 is 1.52 bits per heavy atom. The molecule has 1 aliphatic heterocycles. The van der Waals surface area contributed by atoms with E-state index in [-0.39, 0.29) is 6.10 Å². The molecule has 1 saturated heterocycles. The molecular weight excluding hydrogens is 292 g/mol. The van der Waals surface area contributed by atoms with Crippen LogP contribution in [-0.4, -0.2) is 44.5 Å². The Morgan fingerprint density at radius 3 is 3.10 bits per heavy atom. The number of rotatable bonds is 3. The zero-order valence-corrected chi connectivity index (χ0v) is 12.4. The van der Waals surface area contributed by atoms with E-state index in [4.69, 9.17) is 11.6 Å². The molecule has 0 aromatic carbocycles. The second-order valence-electron chi connectivity index (χ2n) is 5.12. The van der Waals surface area contributed by atoms with Crippen molar-refractivity contribution in [3.63, 3.8) is 0 Å². The van der Waals surface area contributed by atoms with Gasteiger partial charge in [-0.1, -0.05) is 11.6 Å². The van der Waals surface area contributed by atoms with E-state index < -0.39 is 0 Å². The lowest BCUT2D eigenvalue weighted by atomic mass is 10.1. The minimum atomic E-state index is -0.298. The number of hydrogen-bond donors (Lipinski definition) is 3. The van der Waals surface area contributed by atoms with Gasteiger partial charge in [0.25, 0.3) is 0 Å². The highest BCUT2D eigenvalue weighted by molar-refractivity contribution is 6.33. The Labute approximate surface area is 127 Å². The highest BCUT2D eigenvalue weighted by Gasteiger charge is 2.19. The average Bonchev–Trinajstić information content (AvgIpc) is 2.80. The maximum Gasteiger partial charge on any atom is 0.230 e. The van der Waals surface area contributed by atoms with Gasteiger partial charge in [-0.3, -0.25) is 5.10 Å². The SMILES string of the molecule is Cc1[nH]nc(Nc2nccc(N3CCCC(O)C3)n2)c1Cl. The molecule has 3 N–H and O–H groups in total. The van der Waals surface area contributed by atoms with Crippen molar-refractivity contribution in [3.05, 3.63) is 23.0 Å². The number of piperidine rings is 1. The number of hydrogen-bond acceptors (Lipinski definition) is 6. The van der Waals surface area contributed by atoms with Crippen LogP contribution in [0.4, 0.5) is 17.6 Å².